The summed E-state index contributed by atoms with van der Waals surface area (Å²) in [7, 11) is 0. The van der Waals surface area contributed by atoms with E-state index in [9.17, 15) is 0 Å². The Kier molecular flexibility index (Phi) is 30.4. The third kappa shape index (κ3) is 30.9. The molecule has 0 bridgehead atoms. The molecule has 0 rings (SSSR count). The second kappa shape index (κ2) is 24.1. The third-order valence-electron chi connectivity index (χ3n) is 3.94. The van der Waals surface area contributed by atoms with Crippen LogP contribution >= 0.6 is 0 Å². The van der Waals surface area contributed by atoms with Gasteiger partial charge in [0.25, 0.3) is 0 Å². The van der Waals surface area contributed by atoms with Crippen molar-refractivity contribution in [2.24, 2.45) is 0 Å². The minimum absolute atomic E-state index is 0. The Labute approximate surface area is 173 Å². The Morgan fingerprint density at radius 3 is 0.846 bits per heavy atom. The van der Waals surface area contributed by atoms with Crippen molar-refractivity contribution in [2.45, 2.75) is 79.1 Å². The maximum absolute atomic E-state index is 8.25. The monoisotopic (exact) mass is 473 g/mol. The third-order valence-corrected chi connectivity index (χ3v) is 3.94. The van der Waals surface area contributed by atoms with Crippen molar-refractivity contribution in [3.05, 3.63) is 30.6 Å². The molecule has 9 nitrogen and oxygen atoms in total. The van der Waals surface area contributed by atoms with E-state index in [1.807, 2.05) is 0 Å². The molecule has 0 saturated carbocycles. The predicted molar refractivity (Wildman–Crippen MR) is 100 cm³/mol. The summed E-state index contributed by atoms with van der Waals surface area (Å²) in [6, 6.07) is 0. The molecular formula is C16H36AgN3O6. The van der Waals surface area contributed by atoms with Crippen LogP contribution < -0.4 is 0 Å². The van der Waals surface area contributed by atoms with Gasteiger partial charge in [-0.25, -0.2) is 0 Å². The molecule has 0 fully saturated rings. The summed E-state index contributed by atoms with van der Waals surface area (Å²) in [6.07, 6.45) is 11.1. The molecule has 0 heterocycles. The standard InChI is InChI=1S/C16H36N.Ag.2NO3/c1-5-9-13-17(14-10-6-2,15-11-7-3)16-12-8-4;;2*2-1(3)4/h5-16H2,1-4H3;;;/q2*+1;2*-1. The number of rotatable bonds is 12. The van der Waals surface area contributed by atoms with E-state index >= 15 is 0 Å². The minimum atomic E-state index is -1.75. The van der Waals surface area contributed by atoms with Crippen LogP contribution in [0.3, 0.4) is 0 Å². The van der Waals surface area contributed by atoms with Gasteiger partial charge in [-0.3, -0.25) is 0 Å². The summed E-state index contributed by atoms with van der Waals surface area (Å²) in [5, 5.41) is 29.5. The number of unbranched alkanes of at least 4 members (excludes halogenated alkanes) is 4. The Bertz CT molecular complexity index is 265. The van der Waals surface area contributed by atoms with Crippen LogP contribution in [-0.2, 0) is 22.4 Å². The molecule has 26 heavy (non-hydrogen) atoms. The summed E-state index contributed by atoms with van der Waals surface area (Å²) in [4.78, 5) is 16.5. The zero-order valence-corrected chi connectivity index (χ0v) is 18.1. The zero-order valence-electron chi connectivity index (χ0n) is 16.6. The molecule has 162 valence electrons. The fourth-order valence-electron chi connectivity index (χ4n) is 2.64. The van der Waals surface area contributed by atoms with Crippen molar-refractivity contribution >= 4 is 0 Å². The largest absolute Gasteiger partial charge is 1.00 e. The first kappa shape index (κ1) is 32.7. The van der Waals surface area contributed by atoms with Crippen LogP contribution in [0.25, 0.3) is 0 Å². The zero-order chi connectivity index (χ0) is 20.1. The number of hydrogen-bond acceptors (Lipinski definition) is 6. The number of nitrogens with zero attached hydrogens (tertiary/aromatic N) is 3. The Hall–Kier alpha value is -0.900. The van der Waals surface area contributed by atoms with E-state index in [-0.39, 0.29) is 22.4 Å². The van der Waals surface area contributed by atoms with Gasteiger partial charge in [0.15, 0.2) is 0 Å². The normalized spacial score (nSPS) is 9.69. The minimum Gasteiger partial charge on any atom is -0.356 e. The first-order valence-electron chi connectivity index (χ1n) is 9.19. The van der Waals surface area contributed by atoms with Crippen molar-refractivity contribution in [3.63, 3.8) is 0 Å². The summed E-state index contributed by atoms with van der Waals surface area (Å²) < 4.78 is 1.42. The maximum atomic E-state index is 8.25. The average molecular weight is 474 g/mol. The molecule has 0 radical (unpaired) electrons. The maximum Gasteiger partial charge on any atom is 1.00 e. The second-order valence-electron chi connectivity index (χ2n) is 6.10. The van der Waals surface area contributed by atoms with E-state index in [1.54, 1.807) is 0 Å². The second-order valence-corrected chi connectivity index (χ2v) is 6.10. The quantitative estimate of drug-likeness (QED) is 0.177. The molecule has 0 aromatic rings. The molecule has 10 heteroatoms. The molecule has 0 N–H and O–H groups in total. The van der Waals surface area contributed by atoms with Crippen molar-refractivity contribution in [2.75, 3.05) is 26.2 Å². The molecule has 0 aliphatic carbocycles. The molecule has 0 aromatic carbocycles. The van der Waals surface area contributed by atoms with Gasteiger partial charge in [0.2, 0.25) is 0 Å². The average Bonchev–Trinajstić information content (AvgIpc) is 2.52. The van der Waals surface area contributed by atoms with Gasteiger partial charge >= 0.3 is 22.4 Å². The van der Waals surface area contributed by atoms with Crippen LogP contribution in [0.2, 0.25) is 0 Å². The van der Waals surface area contributed by atoms with Gasteiger partial charge in [-0.2, -0.15) is 0 Å². The van der Waals surface area contributed by atoms with E-state index < -0.39 is 10.2 Å². The van der Waals surface area contributed by atoms with Crippen LogP contribution in [0.4, 0.5) is 0 Å². The molecule has 0 atom stereocenters. The summed E-state index contributed by atoms with van der Waals surface area (Å²) in [5.41, 5.74) is 0. The van der Waals surface area contributed by atoms with Gasteiger partial charge < -0.3 is 35.1 Å². The molecular weight excluding hydrogens is 438 g/mol. The van der Waals surface area contributed by atoms with Crippen molar-refractivity contribution in [3.8, 4) is 0 Å². The Morgan fingerprint density at radius 2 is 0.731 bits per heavy atom. The fraction of sp³-hybridized carbons (Fsp3) is 1.00. The summed E-state index contributed by atoms with van der Waals surface area (Å²) >= 11 is 0. The summed E-state index contributed by atoms with van der Waals surface area (Å²) in [6.45, 7) is 15.0. The topological polar surface area (TPSA) is 132 Å². The van der Waals surface area contributed by atoms with Crippen LogP contribution in [-0.4, -0.2) is 40.8 Å². The predicted octanol–water partition coefficient (Wildman–Crippen LogP) is 4.52. The van der Waals surface area contributed by atoms with E-state index in [2.05, 4.69) is 27.7 Å². The SMILES string of the molecule is CCCC[N+](CCCC)(CCCC)CCCC.O=[N+]([O-])[O-].O=[N+]([O-])[O-].[Ag+]. The Balaban J connectivity index is -0.000000226. The van der Waals surface area contributed by atoms with Crippen molar-refractivity contribution in [1.82, 2.24) is 0 Å². The van der Waals surface area contributed by atoms with Crippen LogP contribution in [0.15, 0.2) is 0 Å². The molecule has 0 aliphatic rings. The smallest absolute Gasteiger partial charge is 0.356 e. The number of hydrogen-bond donors (Lipinski definition) is 0. The molecule has 0 saturated heterocycles. The van der Waals surface area contributed by atoms with E-state index in [1.165, 1.54) is 82.0 Å². The van der Waals surface area contributed by atoms with E-state index in [0.29, 0.717) is 0 Å². The van der Waals surface area contributed by atoms with Gasteiger partial charge in [0, 0.05) is 0 Å². The fourth-order valence-corrected chi connectivity index (χ4v) is 2.64. The van der Waals surface area contributed by atoms with Gasteiger partial charge in [-0.1, -0.05) is 53.4 Å². The van der Waals surface area contributed by atoms with Gasteiger partial charge in [0.1, 0.15) is 0 Å². The Morgan fingerprint density at radius 1 is 0.577 bits per heavy atom. The molecule has 0 aromatic heterocycles. The summed E-state index contributed by atoms with van der Waals surface area (Å²) in [5.74, 6) is 0. The molecule has 0 aliphatic heterocycles. The van der Waals surface area contributed by atoms with Gasteiger partial charge in [-0.05, 0) is 25.7 Å². The van der Waals surface area contributed by atoms with Crippen LogP contribution in [0.5, 0.6) is 0 Å². The van der Waals surface area contributed by atoms with Crippen molar-refractivity contribution in [1.29, 1.82) is 0 Å². The first-order chi connectivity index (χ1) is 11.7. The van der Waals surface area contributed by atoms with Gasteiger partial charge in [0.05, 0.1) is 36.4 Å². The molecule has 0 unspecified atom stereocenters. The van der Waals surface area contributed by atoms with E-state index in [4.69, 9.17) is 30.6 Å². The molecule has 0 amide bonds. The van der Waals surface area contributed by atoms with Crippen LogP contribution in [0.1, 0.15) is 79.1 Å². The van der Waals surface area contributed by atoms with E-state index in [0.717, 1.165) is 0 Å². The van der Waals surface area contributed by atoms with Crippen molar-refractivity contribution < 1.29 is 37.0 Å². The van der Waals surface area contributed by atoms with Gasteiger partial charge in [-0.15, -0.1) is 0 Å². The first-order valence-corrected chi connectivity index (χ1v) is 9.19. The van der Waals surface area contributed by atoms with Crippen LogP contribution in [0, 0.1) is 30.6 Å². The number of quaternary nitrogens is 1. The molecule has 0 spiro atoms.